The maximum absolute atomic E-state index is 12.0. The van der Waals surface area contributed by atoms with Crippen LogP contribution in [-0.4, -0.2) is 26.3 Å². The van der Waals surface area contributed by atoms with Crippen molar-refractivity contribution in [3.63, 3.8) is 0 Å². The van der Waals surface area contributed by atoms with Crippen LogP contribution in [0, 0.1) is 0 Å². The fraction of sp³-hybridized carbons (Fsp3) is 0.125. The van der Waals surface area contributed by atoms with E-state index in [2.05, 4.69) is 26.5 Å². The summed E-state index contributed by atoms with van der Waals surface area (Å²) in [4.78, 5) is 12.0. The van der Waals surface area contributed by atoms with Crippen molar-refractivity contribution in [3.8, 4) is 11.5 Å². The van der Waals surface area contributed by atoms with Crippen LogP contribution < -0.4 is 14.9 Å². The first kappa shape index (κ1) is 16.0. The molecule has 0 aliphatic heterocycles. The molecule has 0 bridgehead atoms. The van der Waals surface area contributed by atoms with Gasteiger partial charge in [-0.2, -0.15) is 5.10 Å². The molecule has 1 amide bonds. The largest absolute Gasteiger partial charge is 0.497 e. The lowest BCUT2D eigenvalue weighted by molar-refractivity contribution is 0.0954. The summed E-state index contributed by atoms with van der Waals surface area (Å²) in [6.07, 6.45) is 1.51. The molecule has 0 atom stereocenters. The van der Waals surface area contributed by atoms with Gasteiger partial charge in [-0.05, 0) is 46.3 Å². The van der Waals surface area contributed by atoms with Gasteiger partial charge in [-0.3, -0.25) is 4.79 Å². The molecule has 0 aliphatic carbocycles. The number of halogens is 1. The molecular formula is C16H15BrN2O3. The fourth-order valence-corrected chi connectivity index (χ4v) is 2.27. The Balaban J connectivity index is 2.12. The van der Waals surface area contributed by atoms with Crippen LogP contribution in [0.5, 0.6) is 11.5 Å². The molecule has 0 aromatic heterocycles. The summed E-state index contributed by atoms with van der Waals surface area (Å²) in [6.45, 7) is 0. The number of carbonyl (C=O) groups is 1. The Kier molecular flexibility index (Phi) is 5.55. The molecule has 6 heteroatoms. The molecule has 0 saturated heterocycles. The minimum absolute atomic E-state index is 0.300. The van der Waals surface area contributed by atoms with E-state index in [-0.39, 0.29) is 5.91 Å². The summed E-state index contributed by atoms with van der Waals surface area (Å²) in [5, 5.41) is 3.96. The highest BCUT2D eigenvalue weighted by atomic mass is 79.9. The molecule has 2 rings (SSSR count). The van der Waals surface area contributed by atoms with Crippen molar-refractivity contribution in [2.45, 2.75) is 0 Å². The molecule has 5 nitrogen and oxygen atoms in total. The smallest absolute Gasteiger partial charge is 0.272 e. The van der Waals surface area contributed by atoms with Gasteiger partial charge in [0.15, 0.2) is 0 Å². The number of hydrazone groups is 1. The van der Waals surface area contributed by atoms with Crippen molar-refractivity contribution < 1.29 is 14.3 Å². The maximum Gasteiger partial charge on any atom is 0.272 e. The van der Waals surface area contributed by atoms with E-state index in [0.29, 0.717) is 27.1 Å². The Morgan fingerprint density at radius 1 is 1.18 bits per heavy atom. The molecule has 114 valence electrons. The molecule has 22 heavy (non-hydrogen) atoms. The Hall–Kier alpha value is -2.34. The molecule has 0 spiro atoms. The van der Waals surface area contributed by atoms with Crippen LogP contribution in [-0.2, 0) is 0 Å². The third-order valence-corrected chi connectivity index (χ3v) is 3.62. The second-order valence-electron chi connectivity index (χ2n) is 4.29. The molecule has 2 aromatic carbocycles. The number of amides is 1. The predicted molar refractivity (Wildman–Crippen MR) is 88.7 cm³/mol. The summed E-state index contributed by atoms with van der Waals surface area (Å²) in [6, 6.07) is 12.5. The van der Waals surface area contributed by atoms with Crippen molar-refractivity contribution in [2.24, 2.45) is 5.10 Å². The topological polar surface area (TPSA) is 59.9 Å². The van der Waals surface area contributed by atoms with E-state index in [0.717, 1.165) is 0 Å². The van der Waals surface area contributed by atoms with Crippen LogP contribution in [0.2, 0.25) is 0 Å². The van der Waals surface area contributed by atoms with Crippen LogP contribution in [0.25, 0.3) is 0 Å². The number of hydrogen-bond acceptors (Lipinski definition) is 4. The molecule has 0 saturated carbocycles. The lowest BCUT2D eigenvalue weighted by Gasteiger charge is -2.07. The molecule has 1 N–H and O–H groups in total. The van der Waals surface area contributed by atoms with E-state index in [4.69, 9.17) is 9.47 Å². The van der Waals surface area contributed by atoms with E-state index >= 15 is 0 Å². The molecular weight excluding hydrogens is 348 g/mol. The van der Waals surface area contributed by atoms with E-state index in [1.165, 1.54) is 6.21 Å². The third-order valence-electron chi connectivity index (χ3n) is 2.93. The van der Waals surface area contributed by atoms with Crippen molar-refractivity contribution in [1.29, 1.82) is 0 Å². The Morgan fingerprint density at radius 2 is 1.95 bits per heavy atom. The number of methoxy groups -OCH3 is 2. The molecule has 0 heterocycles. The third kappa shape index (κ3) is 3.85. The number of carbonyl (C=O) groups excluding carboxylic acids is 1. The lowest BCUT2D eigenvalue weighted by Crippen LogP contribution is -2.18. The number of nitrogens with one attached hydrogen (secondary N) is 1. The van der Waals surface area contributed by atoms with Gasteiger partial charge >= 0.3 is 0 Å². The summed E-state index contributed by atoms with van der Waals surface area (Å²) >= 11 is 3.33. The average Bonchev–Trinajstić information content (AvgIpc) is 2.55. The lowest BCUT2D eigenvalue weighted by atomic mass is 10.2. The zero-order valence-corrected chi connectivity index (χ0v) is 13.8. The summed E-state index contributed by atoms with van der Waals surface area (Å²) < 4.78 is 11.1. The number of hydrogen-bond donors (Lipinski definition) is 1. The van der Waals surface area contributed by atoms with Crippen LogP contribution in [0.1, 0.15) is 15.9 Å². The number of benzene rings is 2. The summed E-state index contributed by atoms with van der Waals surface area (Å²) in [5.41, 5.74) is 3.70. The van der Waals surface area contributed by atoms with Crippen LogP contribution in [0.3, 0.4) is 0 Å². The van der Waals surface area contributed by atoms with Gasteiger partial charge in [-0.1, -0.05) is 12.1 Å². The Bertz CT molecular complexity index is 702. The minimum Gasteiger partial charge on any atom is -0.497 e. The first-order chi connectivity index (χ1) is 10.7. The van der Waals surface area contributed by atoms with Gasteiger partial charge in [0.2, 0.25) is 0 Å². The number of nitrogens with zero attached hydrogens (tertiary/aromatic N) is 1. The SMILES string of the molecule is COc1ccc(OC)c(C=NNC(=O)c2ccccc2Br)c1. The summed E-state index contributed by atoms with van der Waals surface area (Å²) in [5.74, 6) is 1.02. The zero-order valence-electron chi connectivity index (χ0n) is 12.2. The van der Waals surface area contributed by atoms with Crippen molar-refractivity contribution >= 4 is 28.1 Å². The molecule has 2 aromatic rings. The minimum atomic E-state index is -0.300. The molecule has 0 fully saturated rings. The normalized spacial score (nSPS) is 10.5. The summed E-state index contributed by atoms with van der Waals surface area (Å²) in [7, 11) is 3.15. The van der Waals surface area contributed by atoms with Gasteiger partial charge in [-0.25, -0.2) is 5.43 Å². The number of ether oxygens (including phenoxy) is 2. The van der Waals surface area contributed by atoms with Crippen molar-refractivity contribution in [2.75, 3.05) is 14.2 Å². The second kappa shape index (κ2) is 7.61. The monoisotopic (exact) mass is 362 g/mol. The highest BCUT2D eigenvalue weighted by Gasteiger charge is 2.08. The maximum atomic E-state index is 12.0. The standard InChI is InChI=1S/C16H15BrN2O3/c1-21-12-7-8-15(22-2)11(9-12)10-18-19-16(20)13-5-3-4-6-14(13)17/h3-10H,1-2H3,(H,19,20). The van der Waals surface area contributed by atoms with E-state index < -0.39 is 0 Å². The fourth-order valence-electron chi connectivity index (χ4n) is 1.81. The van der Waals surface area contributed by atoms with Crippen LogP contribution in [0.4, 0.5) is 0 Å². The van der Waals surface area contributed by atoms with Gasteiger partial charge in [0.25, 0.3) is 5.91 Å². The quantitative estimate of drug-likeness (QED) is 0.656. The van der Waals surface area contributed by atoms with Gasteiger partial charge in [0.1, 0.15) is 11.5 Å². The zero-order chi connectivity index (χ0) is 15.9. The van der Waals surface area contributed by atoms with E-state index in [1.807, 2.05) is 6.07 Å². The number of rotatable bonds is 5. The van der Waals surface area contributed by atoms with Crippen molar-refractivity contribution in [3.05, 3.63) is 58.1 Å². The van der Waals surface area contributed by atoms with Crippen LogP contribution in [0.15, 0.2) is 52.0 Å². The highest BCUT2D eigenvalue weighted by Crippen LogP contribution is 2.22. The van der Waals surface area contributed by atoms with Gasteiger partial charge in [-0.15, -0.1) is 0 Å². The van der Waals surface area contributed by atoms with Gasteiger partial charge in [0.05, 0.1) is 26.0 Å². The first-order valence-electron chi connectivity index (χ1n) is 6.45. The molecule has 0 unspecified atom stereocenters. The molecule has 0 radical (unpaired) electrons. The van der Waals surface area contributed by atoms with Crippen LogP contribution >= 0.6 is 15.9 Å². The Labute approximate surface area is 137 Å². The molecule has 0 aliphatic rings. The van der Waals surface area contributed by atoms with E-state index in [1.54, 1.807) is 50.6 Å². The van der Waals surface area contributed by atoms with E-state index in [9.17, 15) is 4.79 Å². The van der Waals surface area contributed by atoms with Crippen molar-refractivity contribution in [1.82, 2.24) is 5.43 Å². The average molecular weight is 363 g/mol. The van der Waals surface area contributed by atoms with Gasteiger partial charge < -0.3 is 9.47 Å². The van der Waals surface area contributed by atoms with Gasteiger partial charge in [0, 0.05) is 10.0 Å². The first-order valence-corrected chi connectivity index (χ1v) is 7.25. The highest BCUT2D eigenvalue weighted by molar-refractivity contribution is 9.10. The second-order valence-corrected chi connectivity index (χ2v) is 5.14. The predicted octanol–water partition coefficient (Wildman–Crippen LogP) is 3.23. The Morgan fingerprint density at radius 3 is 2.64 bits per heavy atom.